The van der Waals surface area contributed by atoms with Crippen LogP contribution >= 0.6 is 11.8 Å². The van der Waals surface area contributed by atoms with Crippen molar-refractivity contribution >= 4 is 17.4 Å². The van der Waals surface area contributed by atoms with Gasteiger partial charge >= 0.3 is 5.69 Å². The molecule has 0 N–H and O–H groups in total. The van der Waals surface area contributed by atoms with Crippen molar-refractivity contribution in [1.29, 1.82) is 0 Å². The molecule has 0 fully saturated rings. The Morgan fingerprint density at radius 3 is 2.22 bits per heavy atom. The molecule has 3 nitrogen and oxygen atoms in total. The van der Waals surface area contributed by atoms with Crippen molar-refractivity contribution in [3.63, 3.8) is 0 Å². The molecule has 0 aliphatic heterocycles. The van der Waals surface area contributed by atoms with Crippen LogP contribution in [0, 0.1) is 21.7 Å². The molecule has 6 heteroatoms. The van der Waals surface area contributed by atoms with Crippen LogP contribution < -0.4 is 0 Å². The van der Waals surface area contributed by atoms with E-state index in [0.29, 0.717) is 0 Å². The van der Waals surface area contributed by atoms with Gasteiger partial charge in [-0.1, -0.05) is 30.0 Å². The van der Waals surface area contributed by atoms with Crippen LogP contribution in [-0.2, 0) is 0 Å². The summed E-state index contributed by atoms with van der Waals surface area (Å²) in [6.07, 6.45) is 0. The standard InChI is InChI=1S/C12H7F2NO2S/c13-8-4-1-2-6-10(8)18-11-7-3-5-9(14)12(11)15(16)17/h1-7H. The van der Waals surface area contributed by atoms with Crippen LogP contribution in [0.25, 0.3) is 0 Å². The smallest absolute Gasteiger partial charge is 0.258 e. The Morgan fingerprint density at radius 1 is 0.944 bits per heavy atom. The maximum absolute atomic E-state index is 13.4. The molecular formula is C12H7F2NO2S. The molecule has 2 rings (SSSR count). The highest BCUT2D eigenvalue weighted by Crippen LogP contribution is 2.37. The zero-order valence-electron chi connectivity index (χ0n) is 8.97. The van der Waals surface area contributed by atoms with Gasteiger partial charge in [0, 0.05) is 4.90 Å². The number of para-hydroxylation sites is 1. The van der Waals surface area contributed by atoms with E-state index in [1.165, 1.54) is 30.3 Å². The second-order valence-electron chi connectivity index (χ2n) is 3.38. The predicted octanol–water partition coefficient (Wildman–Crippen LogP) is 4.02. The number of nitro groups is 1. The predicted molar refractivity (Wildman–Crippen MR) is 63.6 cm³/mol. The summed E-state index contributed by atoms with van der Waals surface area (Å²) < 4.78 is 26.8. The van der Waals surface area contributed by atoms with Crippen LogP contribution in [0.5, 0.6) is 0 Å². The van der Waals surface area contributed by atoms with Gasteiger partial charge in [0.1, 0.15) is 5.82 Å². The van der Waals surface area contributed by atoms with Crippen LogP contribution in [0.15, 0.2) is 52.3 Å². The van der Waals surface area contributed by atoms with Crippen molar-refractivity contribution < 1.29 is 13.7 Å². The average Bonchev–Trinajstić information content (AvgIpc) is 2.31. The Balaban J connectivity index is 2.44. The number of halogens is 2. The Kier molecular flexibility index (Phi) is 3.57. The summed E-state index contributed by atoms with van der Waals surface area (Å²) >= 11 is 0.827. The number of rotatable bonds is 3. The van der Waals surface area contributed by atoms with Gasteiger partial charge in [-0.25, -0.2) is 4.39 Å². The Morgan fingerprint density at radius 2 is 1.56 bits per heavy atom. The van der Waals surface area contributed by atoms with Gasteiger partial charge in [0.25, 0.3) is 0 Å². The third-order valence-corrected chi connectivity index (χ3v) is 3.29. The molecule has 18 heavy (non-hydrogen) atoms. The molecule has 0 radical (unpaired) electrons. The van der Waals surface area contributed by atoms with E-state index in [1.807, 2.05) is 0 Å². The fraction of sp³-hybridized carbons (Fsp3) is 0. The second-order valence-corrected chi connectivity index (χ2v) is 4.46. The highest BCUT2D eigenvalue weighted by Gasteiger charge is 2.21. The van der Waals surface area contributed by atoms with Gasteiger partial charge in [-0.05, 0) is 24.3 Å². The lowest BCUT2D eigenvalue weighted by Crippen LogP contribution is -1.95. The fourth-order valence-corrected chi connectivity index (χ4v) is 2.37. The minimum Gasteiger partial charge on any atom is -0.258 e. The zero-order valence-corrected chi connectivity index (χ0v) is 9.79. The molecular weight excluding hydrogens is 260 g/mol. The molecule has 0 unspecified atom stereocenters. The maximum atomic E-state index is 13.4. The zero-order chi connectivity index (χ0) is 13.1. The highest BCUT2D eigenvalue weighted by molar-refractivity contribution is 7.99. The molecule has 0 bridgehead atoms. The van der Waals surface area contributed by atoms with Gasteiger partial charge in [-0.15, -0.1) is 0 Å². The maximum Gasteiger partial charge on any atom is 0.318 e. The van der Waals surface area contributed by atoms with E-state index in [4.69, 9.17) is 0 Å². The molecule has 0 saturated carbocycles. The molecule has 2 aromatic carbocycles. The Hall–Kier alpha value is -1.95. The number of hydrogen-bond acceptors (Lipinski definition) is 3. The molecule has 0 aromatic heterocycles. The largest absolute Gasteiger partial charge is 0.318 e. The molecule has 0 atom stereocenters. The minimum atomic E-state index is -0.929. The third kappa shape index (κ3) is 2.48. The van der Waals surface area contributed by atoms with Crippen molar-refractivity contribution in [3.8, 4) is 0 Å². The number of nitro benzene ring substituents is 1. The SMILES string of the molecule is O=[N+]([O-])c1c(F)cccc1Sc1ccccc1F. The molecule has 0 heterocycles. The van der Waals surface area contributed by atoms with E-state index in [1.54, 1.807) is 6.07 Å². The number of benzene rings is 2. The number of nitrogens with zero attached hydrogens (tertiary/aromatic N) is 1. The van der Waals surface area contributed by atoms with Gasteiger partial charge in [0.2, 0.25) is 5.82 Å². The van der Waals surface area contributed by atoms with E-state index >= 15 is 0 Å². The topological polar surface area (TPSA) is 43.1 Å². The van der Waals surface area contributed by atoms with E-state index in [9.17, 15) is 18.9 Å². The first-order chi connectivity index (χ1) is 8.59. The van der Waals surface area contributed by atoms with E-state index in [0.717, 1.165) is 17.8 Å². The van der Waals surface area contributed by atoms with Crippen LogP contribution in [-0.4, -0.2) is 4.92 Å². The molecule has 92 valence electrons. The van der Waals surface area contributed by atoms with Gasteiger partial charge in [-0.2, -0.15) is 4.39 Å². The van der Waals surface area contributed by atoms with Crippen molar-refractivity contribution in [3.05, 3.63) is 64.2 Å². The molecule has 0 spiro atoms. The summed E-state index contributed by atoms with van der Waals surface area (Å²) in [4.78, 5) is 10.3. The van der Waals surface area contributed by atoms with Crippen LogP contribution in [0.4, 0.5) is 14.5 Å². The lowest BCUT2D eigenvalue weighted by Gasteiger charge is -2.04. The summed E-state index contributed by atoms with van der Waals surface area (Å²) in [6.45, 7) is 0. The van der Waals surface area contributed by atoms with Gasteiger partial charge in [0.15, 0.2) is 0 Å². The molecule has 0 aliphatic carbocycles. The van der Waals surface area contributed by atoms with Gasteiger partial charge < -0.3 is 0 Å². The van der Waals surface area contributed by atoms with E-state index in [-0.39, 0.29) is 9.79 Å². The minimum absolute atomic E-state index is 0.0742. The van der Waals surface area contributed by atoms with Crippen LogP contribution in [0.1, 0.15) is 0 Å². The molecule has 0 saturated heterocycles. The Bertz CT molecular complexity index is 604. The van der Waals surface area contributed by atoms with Gasteiger partial charge in [0.05, 0.1) is 9.82 Å². The molecule has 0 aliphatic rings. The fourth-order valence-electron chi connectivity index (χ4n) is 1.40. The highest BCUT2D eigenvalue weighted by atomic mass is 32.2. The van der Waals surface area contributed by atoms with Crippen molar-refractivity contribution in [1.82, 2.24) is 0 Å². The van der Waals surface area contributed by atoms with Crippen molar-refractivity contribution in [2.75, 3.05) is 0 Å². The average molecular weight is 267 g/mol. The molecule has 0 amide bonds. The van der Waals surface area contributed by atoms with Crippen LogP contribution in [0.2, 0.25) is 0 Å². The van der Waals surface area contributed by atoms with Gasteiger partial charge in [-0.3, -0.25) is 10.1 Å². The van der Waals surface area contributed by atoms with Crippen molar-refractivity contribution in [2.45, 2.75) is 9.79 Å². The number of hydrogen-bond donors (Lipinski definition) is 0. The second kappa shape index (κ2) is 5.14. The summed E-state index contributed by atoms with van der Waals surface area (Å²) in [5.74, 6) is -1.43. The van der Waals surface area contributed by atoms with Crippen molar-refractivity contribution in [2.24, 2.45) is 0 Å². The van der Waals surface area contributed by atoms with Crippen LogP contribution in [0.3, 0.4) is 0 Å². The first kappa shape index (κ1) is 12.5. The quantitative estimate of drug-likeness (QED) is 0.623. The van der Waals surface area contributed by atoms with E-state index < -0.39 is 22.2 Å². The first-order valence-corrected chi connectivity index (χ1v) is 5.76. The molecule has 2 aromatic rings. The first-order valence-electron chi connectivity index (χ1n) is 4.95. The summed E-state index contributed by atoms with van der Waals surface area (Å²) in [5.41, 5.74) is -0.634. The monoisotopic (exact) mass is 267 g/mol. The normalized spacial score (nSPS) is 10.3. The summed E-state index contributed by atoms with van der Waals surface area (Å²) in [7, 11) is 0. The lowest BCUT2D eigenvalue weighted by molar-refractivity contribution is -0.390. The van der Waals surface area contributed by atoms with E-state index in [2.05, 4.69) is 0 Å². The lowest BCUT2D eigenvalue weighted by atomic mass is 10.3. The summed E-state index contributed by atoms with van der Waals surface area (Å²) in [6, 6.07) is 9.59. The third-order valence-electron chi connectivity index (χ3n) is 2.19. The Labute approximate surface area is 106 Å². The summed E-state index contributed by atoms with van der Waals surface area (Å²) in [5, 5.41) is 10.8.